The molecule has 6 rings (SSSR count). The predicted molar refractivity (Wildman–Crippen MR) is 141 cm³/mol. The number of aliphatic carboxylic acids is 1. The molecule has 210 valence electrons. The maximum atomic E-state index is 13.6. The summed E-state index contributed by atoms with van der Waals surface area (Å²) in [6.07, 6.45) is -1.31. The summed E-state index contributed by atoms with van der Waals surface area (Å²) >= 11 is 6.57. The molecule has 0 radical (unpaired) electrons. The van der Waals surface area contributed by atoms with Gasteiger partial charge in [0.15, 0.2) is 0 Å². The molecule has 0 saturated heterocycles. The number of hydrogen-bond acceptors (Lipinski definition) is 5. The van der Waals surface area contributed by atoms with Crippen LogP contribution in [0.5, 0.6) is 5.75 Å². The average Bonchev–Trinajstić information content (AvgIpc) is 3.23. The van der Waals surface area contributed by atoms with Crippen LogP contribution in [0.2, 0.25) is 0 Å². The van der Waals surface area contributed by atoms with Crippen LogP contribution < -0.4 is 4.74 Å². The van der Waals surface area contributed by atoms with Crippen molar-refractivity contribution in [3.05, 3.63) is 75.9 Å². The molecule has 0 fully saturated rings. The summed E-state index contributed by atoms with van der Waals surface area (Å²) in [5, 5.41) is 10.1. The Morgan fingerprint density at radius 2 is 2.02 bits per heavy atom. The lowest BCUT2D eigenvalue weighted by molar-refractivity contribution is -0.351. The van der Waals surface area contributed by atoms with Gasteiger partial charge in [0.2, 0.25) is 0 Å². The normalized spacial score (nSPS) is 27.7. The van der Waals surface area contributed by atoms with E-state index in [1.54, 1.807) is 24.4 Å². The lowest BCUT2D eigenvalue weighted by Crippen LogP contribution is -2.50. The largest absolute Gasteiger partial charge is 0.523 e. The molecular weight excluding hydrogens is 547 g/mol. The summed E-state index contributed by atoms with van der Waals surface area (Å²) in [5.41, 5.74) is 1.41. The third kappa shape index (κ3) is 4.28. The highest BCUT2D eigenvalue weighted by atomic mass is 35.5. The number of halogens is 4. The topological polar surface area (TPSA) is 86.5 Å². The summed E-state index contributed by atoms with van der Waals surface area (Å²) in [7, 11) is 0. The molecule has 3 aromatic rings. The Hall–Kier alpha value is -3.37. The third-order valence-electron chi connectivity index (χ3n) is 8.35. The first kappa shape index (κ1) is 26.8. The van der Waals surface area contributed by atoms with Gasteiger partial charge in [0.05, 0.1) is 33.6 Å². The van der Waals surface area contributed by atoms with Crippen LogP contribution in [0.3, 0.4) is 0 Å². The Bertz CT molecular complexity index is 1600. The van der Waals surface area contributed by atoms with Gasteiger partial charge >= 0.3 is 12.3 Å². The first-order valence-corrected chi connectivity index (χ1v) is 13.3. The lowest BCUT2D eigenvalue weighted by atomic mass is 9.58. The molecule has 3 heterocycles. The second-order valence-corrected chi connectivity index (χ2v) is 11.6. The summed E-state index contributed by atoms with van der Waals surface area (Å²) in [5.74, 6) is -1.53. The van der Waals surface area contributed by atoms with Crippen LogP contribution in [-0.4, -0.2) is 37.6 Å². The van der Waals surface area contributed by atoms with Gasteiger partial charge in [-0.2, -0.15) is 0 Å². The van der Waals surface area contributed by atoms with E-state index in [0.717, 1.165) is 16.8 Å². The summed E-state index contributed by atoms with van der Waals surface area (Å²) in [4.78, 5) is 21.7. The van der Waals surface area contributed by atoms with Crippen molar-refractivity contribution in [3.8, 4) is 5.75 Å². The zero-order valence-electron chi connectivity index (χ0n) is 22.1. The monoisotopic (exact) mass is 573 g/mol. The molecule has 4 atom stereocenters. The molecule has 2 unspecified atom stereocenters. The van der Waals surface area contributed by atoms with Gasteiger partial charge in [0, 0.05) is 24.2 Å². The average molecular weight is 574 g/mol. The fourth-order valence-corrected chi connectivity index (χ4v) is 6.95. The molecule has 3 aliphatic rings. The molecule has 0 bridgehead atoms. The number of carboxylic acid groups (broad SMARTS) is 1. The minimum atomic E-state index is -4.94. The number of hydrogen-bond donors (Lipinski definition) is 1. The van der Waals surface area contributed by atoms with Crippen LogP contribution >= 0.6 is 11.6 Å². The molecular formula is C29H27ClF3N3O4. The molecule has 0 amide bonds. The van der Waals surface area contributed by atoms with Crippen molar-refractivity contribution in [3.63, 3.8) is 0 Å². The highest BCUT2D eigenvalue weighted by molar-refractivity contribution is 6.31. The number of carbonyl (C=O) groups is 1. The van der Waals surface area contributed by atoms with Gasteiger partial charge in [-0.05, 0) is 61.6 Å². The van der Waals surface area contributed by atoms with E-state index in [4.69, 9.17) is 21.3 Å². The third-order valence-corrected chi connectivity index (χ3v) is 8.82. The van der Waals surface area contributed by atoms with Crippen molar-refractivity contribution in [1.82, 2.24) is 14.5 Å². The van der Waals surface area contributed by atoms with Crippen molar-refractivity contribution in [2.45, 2.75) is 64.6 Å². The number of alkyl halides is 3. The van der Waals surface area contributed by atoms with E-state index in [0.29, 0.717) is 34.8 Å². The number of nitrogens with zero attached hydrogens (tertiary/aromatic N) is 3. The number of aryl methyl sites for hydroxylation is 1. The summed E-state index contributed by atoms with van der Waals surface area (Å²) in [6.45, 7) is 5.73. The van der Waals surface area contributed by atoms with Gasteiger partial charge < -0.3 is 14.4 Å². The van der Waals surface area contributed by atoms with Crippen molar-refractivity contribution >= 4 is 28.6 Å². The zero-order chi connectivity index (χ0) is 28.6. The number of pyridine rings is 1. The molecule has 40 heavy (non-hydrogen) atoms. The fourth-order valence-electron chi connectivity index (χ4n) is 6.56. The Morgan fingerprint density at radius 3 is 2.70 bits per heavy atom. The second-order valence-electron chi connectivity index (χ2n) is 11.2. The van der Waals surface area contributed by atoms with E-state index < -0.39 is 35.2 Å². The second kappa shape index (κ2) is 9.07. The number of imidazole rings is 1. The van der Waals surface area contributed by atoms with Gasteiger partial charge in [-0.25, -0.2) is 4.98 Å². The van der Waals surface area contributed by atoms with Crippen molar-refractivity contribution < 1.29 is 32.5 Å². The maximum Gasteiger partial charge on any atom is 0.523 e. The van der Waals surface area contributed by atoms with Crippen LogP contribution in [0, 0.1) is 18.3 Å². The fraction of sp³-hybridized carbons (Fsp3) is 0.414. The number of aromatic nitrogens is 3. The van der Waals surface area contributed by atoms with Crippen LogP contribution in [-0.2, 0) is 22.7 Å². The zero-order valence-corrected chi connectivity index (χ0v) is 22.8. The van der Waals surface area contributed by atoms with E-state index in [-0.39, 0.29) is 24.5 Å². The first-order chi connectivity index (χ1) is 18.8. The number of fused-ring (bicyclic) bond motifs is 4. The standard InChI is InChI=1S/C29H27ClF3N3O4/c1-15-4-5-16(34-12-15)13-39-17-6-9-20-21(10-17)36-14-27(2)11-22(30)28(3,40-29(31,32)33)19-8-7-18(26(37)38)23(24(19)27)25(36)35-20/h4-6,9-12,18,23H,7-8,13-14H2,1-3H3,(H,37,38)/t18-,23-,27?,28?/m1/s1. The molecule has 1 aliphatic heterocycles. The van der Waals surface area contributed by atoms with Crippen LogP contribution in [0.1, 0.15) is 49.7 Å². The minimum absolute atomic E-state index is 0.0684. The van der Waals surface area contributed by atoms with E-state index in [1.165, 1.54) is 6.92 Å². The molecule has 1 aromatic carbocycles. The number of allylic oxidation sites excluding steroid dienone is 2. The summed E-state index contributed by atoms with van der Waals surface area (Å²) in [6, 6.07) is 9.29. The van der Waals surface area contributed by atoms with E-state index in [1.807, 2.05) is 36.6 Å². The van der Waals surface area contributed by atoms with E-state index in [2.05, 4.69) is 9.72 Å². The van der Waals surface area contributed by atoms with Gasteiger partial charge in [-0.1, -0.05) is 30.7 Å². The maximum absolute atomic E-state index is 13.6. The summed E-state index contributed by atoms with van der Waals surface area (Å²) < 4.78 is 53.3. The van der Waals surface area contributed by atoms with Crippen LogP contribution in [0.15, 0.2) is 58.8 Å². The van der Waals surface area contributed by atoms with Gasteiger partial charge in [-0.15, -0.1) is 13.2 Å². The van der Waals surface area contributed by atoms with Crippen LogP contribution in [0.4, 0.5) is 13.2 Å². The smallest absolute Gasteiger partial charge is 0.487 e. The number of rotatable bonds is 5. The van der Waals surface area contributed by atoms with Gasteiger partial charge in [0.1, 0.15) is 23.8 Å². The van der Waals surface area contributed by atoms with Crippen molar-refractivity contribution in [2.75, 3.05) is 0 Å². The molecule has 0 spiro atoms. The Balaban J connectivity index is 1.47. The van der Waals surface area contributed by atoms with Gasteiger partial charge in [-0.3, -0.25) is 14.5 Å². The molecule has 2 aliphatic carbocycles. The number of benzene rings is 1. The number of carboxylic acids is 1. The van der Waals surface area contributed by atoms with Crippen molar-refractivity contribution in [1.29, 1.82) is 0 Å². The van der Waals surface area contributed by atoms with Gasteiger partial charge in [0.25, 0.3) is 0 Å². The van der Waals surface area contributed by atoms with E-state index in [9.17, 15) is 23.1 Å². The Morgan fingerprint density at radius 1 is 1.25 bits per heavy atom. The Kier molecular flexibility index (Phi) is 6.09. The quantitative estimate of drug-likeness (QED) is 0.344. The highest BCUT2D eigenvalue weighted by Gasteiger charge is 2.57. The lowest BCUT2D eigenvalue weighted by Gasteiger charge is -2.52. The minimum Gasteiger partial charge on any atom is -0.487 e. The molecule has 0 saturated carbocycles. The Labute approximate surface area is 233 Å². The molecule has 11 heteroatoms. The molecule has 7 nitrogen and oxygen atoms in total. The molecule has 1 N–H and O–H groups in total. The number of ether oxygens (including phenoxy) is 2. The van der Waals surface area contributed by atoms with Crippen molar-refractivity contribution in [2.24, 2.45) is 11.3 Å². The highest BCUT2D eigenvalue weighted by Crippen LogP contribution is 2.61. The van der Waals surface area contributed by atoms with Crippen LogP contribution in [0.25, 0.3) is 11.0 Å². The molecule has 2 aromatic heterocycles. The predicted octanol–water partition coefficient (Wildman–Crippen LogP) is 6.64. The van der Waals surface area contributed by atoms with E-state index >= 15 is 0 Å². The first-order valence-electron chi connectivity index (χ1n) is 13.0. The SMILES string of the molecule is Cc1ccc(COc2ccc3nc4n(c3c2)CC2(C)C=C(Cl)C(C)(OC(F)(F)F)C3=C2[C@H]4[C@H](C(=O)O)CC3)nc1.